The second-order valence-electron chi connectivity index (χ2n) is 3.92. The van der Waals surface area contributed by atoms with Crippen molar-refractivity contribution in [2.24, 2.45) is 5.73 Å². The van der Waals surface area contributed by atoms with Gasteiger partial charge in [0.2, 0.25) is 0 Å². The zero-order valence-electron chi connectivity index (χ0n) is 9.38. The van der Waals surface area contributed by atoms with E-state index in [0.717, 1.165) is 12.1 Å². The predicted octanol–water partition coefficient (Wildman–Crippen LogP) is 2.78. The minimum atomic E-state index is -4.47. The molecule has 0 saturated carbocycles. The molecule has 1 aromatic carbocycles. The maximum atomic E-state index is 13.2. The number of alkyl halides is 3. The van der Waals surface area contributed by atoms with Gasteiger partial charge in [0, 0.05) is 6.04 Å². The van der Waals surface area contributed by atoms with E-state index >= 15 is 0 Å². The van der Waals surface area contributed by atoms with Crippen LogP contribution in [0.15, 0.2) is 12.1 Å². The van der Waals surface area contributed by atoms with Crippen molar-refractivity contribution in [1.29, 1.82) is 0 Å². The van der Waals surface area contributed by atoms with Gasteiger partial charge in [-0.15, -0.1) is 0 Å². The Hall–Kier alpha value is -1.63. The predicted molar refractivity (Wildman–Crippen MR) is 55.7 cm³/mol. The summed E-state index contributed by atoms with van der Waals surface area (Å²) in [6, 6.07) is 0.307. The number of halogens is 4. The number of nitrogens with two attached hydrogens (primary N) is 1. The summed E-state index contributed by atoms with van der Waals surface area (Å²) in [6.45, 7) is 1.38. The number of aromatic carboxylic acids is 1. The van der Waals surface area contributed by atoms with E-state index in [4.69, 9.17) is 10.8 Å². The van der Waals surface area contributed by atoms with Gasteiger partial charge in [0.1, 0.15) is 5.82 Å². The molecule has 3 nitrogen and oxygen atoms in total. The quantitative estimate of drug-likeness (QED) is 0.826. The van der Waals surface area contributed by atoms with Crippen LogP contribution in [-0.4, -0.2) is 17.3 Å². The minimum Gasteiger partial charge on any atom is -0.478 e. The van der Waals surface area contributed by atoms with Gasteiger partial charge in [-0.3, -0.25) is 0 Å². The number of aryl methyl sites for hydroxylation is 1. The van der Waals surface area contributed by atoms with Crippen LogP contribution in [0.4, 0.5) is 17.6 Å². The zero-order chi connectivity index (χ0) is 14.1. The average Bonchev–Trinajstić information content (AvgIpc) is 2.13. The lowest BCUT2D eigenvalue weighted by molar-refractivity contribution is -0.138. The summed E-state index contributed by atoms with van der Waals surface area (Å²) in [5.41, 5.74) is 4.85. The Labute approximate surface area is 100 Å². The number of rotatable bonds is 3. The van der Waals surface area contributed by atoms with E-state index in [1.54, 1.807) is 0 Å². The van der Waals surface area contributed by atoms with Crippen LogP contribution in [0.3, 0.4) is 0 Å². The standard InChI is InChI=1S/C11H11F4NO2/c1-5-2-8(12)7(10(17)18)3-6(5)9(16)4-11(13,14)15/h2-3,9H,4,16H2,1H3,(H,17,18). The lowest BCUT2D eigenvalue weighted by atomic mass is 9.96. The molecule has 0 bridgehead atoms. The maximum Gasteiger partial charge on any atom is 0.390 e. The van der Waals surface area contributed by atoms with Gasteiger partial charge in [0.25, 0.3) is 0 Å². The van der Waals surface area contributed by atoms with Gasteiger partial charge in [-0.2, -0.15) is 13.2 Å². The van der Waals surface area contributed by atoms with Gasteiger partial charge in [-0.25, -0.2) is 9.18 Å². The van der Waals surface area contributed by atoms with Crippen LogP contribution in [0.2, 0.25) is 0 Å². The summed E-state index contributed by atoms with van der Waals surface area (Å²) in [5.74, 6) is -2.55. The Bertz CT molecular complexity index is 471. The molecule has 0 spiro atoms. The van der Waals surface area contributed by atoms with E-state index in [2.05, 4.69) is 0 Å². The van der Waals surface area contributed by atoms with Gasteiger partial charge in [0.15, 0.2) is 0 Å². The van der Waals surface area contributed by atoms with Gasteiger partial charge < -0.3 is 10.8 Å². The molecule has 0 amide bonds. The third-order valence-corrected chi connectivity index (χ3v) is 2.44. The van der Waals surface area contributed by atoms with Crippen LogP contribution in [0.25, 0.3) is 0 Å². The number of carbonyl (C=O) groups is 1. The first kappa shape index (κ1) is 14.4. The molecule has 3 N–H and O–H groups in total. The molecule has 0 saturated heterocycles. The fourth-order valence-electron chi connectivity index (χ4n) is 1.61. The van der Waals surface area contributed by atoms with Gasteiger partial charge in [-0.1, -0.05) is 0 Å². The highest BCUT2D eigenvalue weighted by atomic mass is 19.4. The van der Waals surface area contributed by atoms with Gasteiger partial charge >= 0.3 is 12.1 Å². The molecule has 1 aromatic rings. The van der Waals surface area contributed by atoms with Crippen molar-refractivity contribution in [3.8, 4) is 0 Å². The topological polar surface area (TPSA) is 63.3 Å². The highest BCUT2D eigenvalue weighted by Crippen LogP contribution is 2.30. The number of carboxylic acid groups (broad SMARTS) is 1. The van der Waals surface area contributed by atoms with E-state index in [1.807, 2.05) is 0 Å². The molecule has 1 atom stereocenters. The number of benzene rings is 1. The Kier molecular flexibility index (Phi) is 3.95. The Morgan fingerprint density at radius 3 is 2.44 bits per heavy atom. The first-order chi connectivity index (χ1) is 8.11. The van der Waals surface area contributed by atoms with Crippen molar-refractivity contribution in [2.75, 3.05) is 0 Å². The SMILES string of the molecule is Cc1cc(F)c(C(=O)O)cc1C(N)CC(F)(F)F. The molecule has 1 rings (SSSR count). The monoisotopic (exact) mass is 265 g/mol. The van der Waals surface area contributed by atoms with Crippen LogP contribution in [0.5, 0.6) is 0 Å². The smallest absolute Gasteiger partial charge is 0.390 e. The number of hydrogen-bond donors (Lipinski definition) is 2. The molecule has 1 unspecified atom stereocenters. The minimum absolute atomic E-state index is 0.0221. The van der Waals surface area contributed by atoms with E-state index in [0.29, 0.717) is 0 Å². The highest BCUT2D eigenvalue weighted by Gasteiger charge is 2.32. The van der Waals surface area contributed by atoms with Crippen LogP contribution in [0, 0.1) is 12.7 Å². The first-order valence-electron chi connectivity index (χ1n) is 4.97. The molecular formula is C11H11F4NO2. The van der Waals surface area contributed by atoms with Crippen molar-refractivity contribution < 1.29 is 27.5 Å². The summed E-state index contributed by atoms with van der Waals surface area (Å²) in [5, 5.41) is 8.69. The fourth-order valence-corrected chi connectivity index (χ4v) is 1.61. The van der Waals surface area contributed by atoms with Crippen molar-refractivity contribution in [3.05, 3.63) is 34.6 Å². The van der Waals surface area contributed by atoms with Crippen LogP contribution >= 0.6 is 0 Å². The lowest BCUT2D eigenvalue weighted by Crippen LogP contribution is -2.21. The van der Waals surface area contributed by atoms with E-state index in [1.165, 1.54) is 6.92 Å². The van der Waals surface area contributed by atoms with Gasteiger partial charge in [0.05, 0.1) is 12.0 Å². The molecule has 100 valence electrons. The second kappa shape index (κ2) is 4.93. The fraction of sp³-hybridized carbons (Fsp3) is 0.364. The first-order valence-corrected chi connectivity index (χ1v) is 4.97. The molecule has 0 aliphatic carbocycles. The summed E-state index contributed by atoms with van der Waals surface area (Å²) in [7, 11) is 0. The summed E-state index contributed by atoms with van der Waals surface area (Å²) >= 11 is 0. The third kappa shape index (κ3) is 3.43. The number of hydrogen-bond acceptors (Lipinski definition) is 2. The van der Waals surface area contributed by atoms with E-state index < -0.39 is 36.0 Å². The molecule has 18 heavy (non-hydrogen) atoms. The zero-order valence-corrected chi connectivity index (χ0v) is 9.38. The van der Waals surface area contributed by atoms with Crippen molar-refractivity contribution in [1.82, 2.24) is 0 Å². The van der Waals surface area contributed by atoms with Crippen LogP contribution in [-0.2, 0) is 0 Å². The van der Waals surface area contributed by atoms with E-state index in [9.17, 15) is 22.4 Å². The Balaban J connectivity index is 3.16. The molecule has 7 heteroatoms. The second-order valence-corrected chi connectivity index (χ2v) is 3.92. The van der Waals surface area contributed by atoms with Crippen molar-refractivity contribution in [3.63, 3.8) is 0 Å². The average molecular weight is 265 g/mol. The Morgan fingerprint density at radius 1 is 1.44 bits per heavy atom. The molecule has 0 aliphatic heterocycles. The van der Waals surface area contributed by atoms with Crippen LogP contribution in [0.1, 0.15) is 33.9 Å². The van der Waals surface area contributed by atoms with Gasteiger partial charge in [-0.05, 0) is 30.2 Å². The van der Waals surface area contributed by atoms with E-state index in [-0.39, 0.29) is 11.1 Å². The molecule has 0 heterocycles. The molecule has 0 fully saturated rings. The Morgan fingerprint density at radius 2 is 2.00 bits per heavy atom. The lowest BCUT2D eigenvalue weighted by Gasteiger charge is -2.17. The molecule has 0 aliphatic rings. The third-order valence-electron chi connectivity index (χ3n) is 2.44. The van der Waals surface area contributed by atoms with Crippen LogP contribution < -0.4 is 5.73 Å². The normalized spacial score (nSPS) is 13.4. The summed E-state index contributed by atoms with van der Waals surface area (Å²) in [6.07, 6.45) is -5.76. The largest absolute Gasteiger partial charge is 0.478 e. The highest BCUT2D eigenvalue weighted by molar-refractivity contribution is 5.88. The van der Waals surface area contributed by atoms with Crippen molar-refractivity contribution in [2.45, 2.75) is 25.6 Å². The molecule has 0 aromatic heterocycles. The van der Waals surface area contributed by atoms with Crippen molar-refractivity contribution >= 4 is 5.97 Å². The molecular weight excluding hydrogens is 254 g/mol. The summed E-state index contributed by atoms with van der Waals surface area (Å²) < 4.78 is 49.8. The maximum absolute atomic E-state index is 13.2. The number of carboxylic acids is 1. The molecule has 0 radical (unpaired) electrons. The summed E-state index contributed by atoms with van der Waals surface area (Å²) in [4.78, 5) is 10.7.